The van der Waals surface area contributed by atoms with E-state index in [2.05, 4.69) is 70.5 Å². The van der Waals surface area contributed by atoms with E-state index in [4.69, 9.17) is 15.0 Å². The van der Waals surface area contributed by atoms with Crippen LogP contribution in [0, 0.1) is 0 Å². The second kappa shape index (κ2) is 9.24. The molecule has 3 nitrogen and oxygen atoms in total. The van der Waals surface area contributed by atoms with E-state index in [1.165, 1.54) is 10.8 Å². The monoisotopic (exact) mass is 513 g/mol. The zero-order chi connectivity index (χ0) is 23.6. The third kappa shape index (κ3) is 4.13. The lowest BCUT2D eigenvalue weighted by Crippen LogP contribution is -2.01. The largest absolute Gasteiger partial charge is 0.208 e. The maximum absolute atomic E-state index is 4.95. The highest BCUT2D eigenvalue weighted by molar-refractivity contribution is 9.10. The van der Waals surface area contributed by atoms with Crippen LogP contribution in [0.5, 0.6) is 0 Å². The van der Waals surface area contributed by atoms with Gasteiger partial charge in [0.15, 0.2) is 17.5 Å². The van der Waals surface area contributed by atoms with E-state index in [1.54, 1.807) is 0 Å². The van der Waals surface area contributed by atoms with Gasteiger partial charge in [0.25, 0.3) is 0 Å². The van der Waals surface area contributed by atoms with Gasteiger partial charge in [-0.2, -0.15) is 0 Å². The van der Waals surface area contributed by atoms with Crippen molar-refractivity contribution in [3.05, 3.63) is 126 Å². The van der Waals surface area contributed by atoms with Crippen LogP contribution in [-0.4, -0.2) is 15.0 Å². The Labute approximate surface area is 212 Å². The first kappa shape index (κ1) is 21.4. The van der Waals surface area contributed by atoms with E-state index in [-0.39, 0.29) is 0 Å². The summed E-state index contributed by atoms with van der Waals surface area (Å²) in [5.41, 5.74) is 5.11. The molecule has 0 aliphatic rings. The number of halogens is 1. The zero-order valence-electron chi connectivity index (χ0n) is 18.8. The van der Waals surface area contributed by atoms with Gasteiger partial charge in [0, 0.05) is 21.2 Å². The molecule has 0 saturated carbocycles. The number of hydrogen-bond donors (Lipinski definition) is 0. The first-order valence-electron chi connectivity index (χ1n) is 11.4. The average molecular weight is 514 g/mol. The minimum Gasteiger partial charge on any atom is -0.208 e. The number of hydrogen-bond acceptors (Lipinski definition) is 3. The molecule has 1 aromatic heterocycles. The van der Waals surface area contributed by atoms with Crippen LogP contribution in [0.25, 0.3) is 56.1 Å². The van der Waals surface area contributed by atoms with Crippen LogP contribution >= 0.6 is 15.9 Å². The smallest absolute Gasteiger partial charge is 0.164 e. The Balaban J connectivity index is 1.60. The fourth-order valence-electron chi connectivity index (χ4n) is 4.34. The average Bonchev–Trinajstić information content (AvgIpc) is 2.94. The summed E-state index contributed by atoms with van der Waals surface area (Å²) in [5, 5.41) is 2.35. The van der Waals surface area contributed by atoms with Crippen molar-refractivity contribution in [3.8, 4) is 45.3 Å². The molecule has 6 rings (SSSR count). The van der Waals surface area contributed by atoms with Crippen LogP contribution in [-0.2, 0) is 0 Å². The van der Waals surface area contributed by atoms with Gasteiger partial charge >= 0.3 is 0 Å². The molecule has 1 heterocycles. The summed E-state index contributed by atoms with van der Waals surface area (Å²) in [6.45, 7) is 0. The molecule has 0 amide bonds. The standard InChI is InChI=1S/C31H20BrN3/c32-28-20-19-25(23-15-7-9-17-26(23)28)24-16-8-10-18-27(24)31-34-29(21-11-3-1-4-12-21)33-30(35-31)22-13-5-2-6-14-22/h1-20H. The van der Waals surface area contributed by atoms with Gasteiger partial charge in [0.2, 0.25) is 0 Å². The molecule has 0 fully saturated rings. The molecule has 0 aliphatic heterocycles. The van der Waals surface area contributed by atoms with Crippen LogP contribution in [0.15, 0.2) is 126 Å². The molecule has 0 atom stereocenters. The van der Waals surface area contributed by atoms with E-state index < -0.39 is 0 Å². The van der Waals surface area contributed by atoms with Crippen molar-refractivity contribution in [3.63, 3.8) is 0 Å². The molecule has 0 aliphatic carbocycles. The maximum atomic E-state index is 4.95. The quantitative estimate of drug-likeness (QED) is 0.237. The Morgan fingerprint density at radius 3 is 1.49 bits per heavy atom. The molecular formula is C31H20BrN3. The van der Waals surface area contributed by atoms with E-state index in [0.29, 0.717) is 17.5 Å². The summed E-state index contributed by atoms with van der Waals surface area (Å²) in [6.07, 6.45) is 0. The van der Waals surface area contributed by atoms with Crippen molar-refractivity contribution in [2.24, 2.45) is 0 Å². The topological polar surface area (TPSA) is 38.7 Å². The first-order valence-corrected chi connectivity index (χ1v) is 12.2. The summed E-state index contributed by atoms with van der Waals surface area (Å²) in [4.78, 5) is 14.7. The summed E-state index contributed by atoms with van der Waals surface area (Å²) >= 11 is 3.70. The van der Waals surface area contributed by atoms with Crippen LogP contribution in [0.4, 0.5) is 0 Å². The molecule has 0 N–H and O–H groups in total. The Morgan fingerprint density at radius 2 is 0.857 bits per heavy atom. The van der Waals surface area contributed by atoms with Gasteiger partial charge < -0.3 is 0 Å². The molecule has 0 spiro atoms. The predicted octanol–water partition coefficient (Wildman–Crippen LogP) is 8.46. The highest BCUT2D eigenvalue weighted by Crippen LogP contribution is 2.38. The normalized spacial score (nSPS) is 11.0. The van der Waals surface area contributed by atoms with E-state index in [1.807, 2.05) is 66.7 Å². The molecule has 5 aromatic carbocycles. The summed E-state index contributed by atoms with van der Waals surface area (Å²) in [5.74, 6) is 1.97. The number of nitrogens with zero attached hydrogens (tertiary/aromatic N) is 3. The molecule has 0 saturated heterocycles. The Hall–Kier alpha value is -4.15. The third-order valence-corrected chi connectivity index (χ3v) is 6.72. The van der Waals surface area contributed by atoms with Gasteiger partial charge in [0.05, 0.1) is 0 Å². The van der Waals surface area contributed by atoms with Crippen LogP contribution in [0.2, 0.25) is 0 Å². The molecule has 35 heavy (non-hydrogen) atoms. The molecular weight excluding hydrogens is 494 g/mol. The van der Waals surface area contributed by atoms with Gasteiger partial charge in [0.1, 0.15) is 0 Å². The molecule has 6 aromatic rings. The second-order valence-corrected chi connectivity index (χ2v) is 9.08. The Bertz CT molecular complexity index is 1590. The van der Waals surface area contributed by atoms with Gasteiger partial charge in [-0.1, -0.05) is 131 Å². The summed E-state index contributed by atoms with van der Waals surface area (Å²) in [7, 11) is 0. The number of benzene rings is 5. The number of rotatable bonds is 4. The van der Waals surface area contributed by atoms with Crippen molar-refractivity contribution in [1.82, 2.24) is 15.0 Å². The van der Waals surface area contributed by atoms with Gasteiger partial charge in [-0.05, 0) is 28.0 Å². The van der Waals surface area contributed by atoms with Crippen LogP contribution < -0.4 is 0 Å². The lowest BCUT2D eigenvalue weighted by atomic mass is 9.94. The van der Waals surface area contributed by atoms with E-state index in [0.717, 1.165) is 32.3 Å². The van der Waals surface area contributed by atoms with Crippen LogP contribution in [0.3, 0.4) is 0 Å². The minimum absolute atomic E-state index is 0.653. The molecule has 4 heteroatoms. The fourth-order valence-corrected chi connectivity index (χ4v) is 4.82. The Morgan fingerprint density at radius 1 is 0.371 bits per heavy atom. The van der Waals surface area contributed by atoms with E-state index in [9.17, 15) is 0 Å². The van der Waals surface area contributed by atoms with Crippen molar-refractivity contribution >= 4 is 26.7 Å². The molecule has 0 radical (unpaired) electrons. The fraction of sp³-hybridized carbons (Fsp3) is 0. The minimum atomic E-state index is 0.653. The summed E-state index contributed by atoms with van der Waals surface area (Å²) < 4.78 is 1.08. The maximum Gasteiger partial charge on any atom is 0.164 e. The number of fused-ring (bicyclic) bond motifs is 1. The second-order valence-electron chi connectivity index (χ2n) is 8.22. The first-order chi connectivity index (χ1) is 17.3. The van der Waals surface area contributed by atoms with Crippen molar-refractivity contribution in [2.45, 2.75) is 0 Å². The summed E-state index contributed by atoms with van der Waals surface area (Å²) in [6, 6.07) is 41.1. The molecule has 0 bridgehead atoms. The Kier molecular flexibility index (Phi) is 5.65. The lowest BCUT2D eigenvalue weighted by Gasteiger charge is -2.14. The van der Waals surface area contributed by atoms with Crippen molar-refractivity contribution in [2.75, 3.05) is 0 Å². The highest BCUT2D eigenvalue weighted by atomic mass is 79.9. The number of aromatic nitrogens is 3. The van der Waals surface area contributed by atoms with Gasteiger partial charge in [-0.25, -0.2) is 15.0 Å². The highest BCUT2D eigenvalue weighted by Gasteiger charge is 2.16. The van der Waals surface area contributed by atoms with Crippen molar-refractivity contribution in [1.29, 1.82) is 0 Å². The zero-order valence-corrected chi connectivity index (χ0v) is 20.4. The molecule has 166 valence electrons. The van der Waals surface area contributed by atoms with Crippen molar-refractivity contribution < 1.29 is 0 Å². The SMILES string of the molecule is Brc1ccc(-c2ccccc2-c2nc(-c3ccccc3)nc(-c3ccccc3)n2)c2ccccc12. The predicted molar refractivity (Wildman–Crippen MR) is 147 cm³/mol. The lowest BCUT2D eigenvalue weighted by molar-refractivity contribution is 1.07. The third-order valence-electron chi connectivity index (χ3n) is 6.03. The molecule has 0 unspecified atom stereocenters. The van der Waals surface area contributed by atoms with Gasteiger partial charge in [-0.15, -0.1) is 0 Å². The van der Waals surface area contributed by atoms with Crippen LogP contribution in [0.1, 0.15) is 0 Å². The van der Waals surface area contributed by atoms with Gasteiger partial charge in [-0.3, -0.25) is 0 Å². The van der Waals surface area contributed by atoms with E-state index >= 15 is 0 Å².